The average molecular weight is 1150 g/mol. The van der Waals surface area contributed by atoms with E-state index in [1.54, 1.807) is 38.2 Å². The number of aliphatic carboxylic acids is 3. The standard InChI is InChI=1S/C53H87N11O13S2/c1-5-38(4)49(50(55)74)57-51(75)42(26-37(2)3)56-52(76)53(8-22-77-23-9-53)58-44(66)7-25-79-36-41-28-39(27-40(29-41)35-78-24-6-43(54)65)30-59-18-20-64(21-19-59)45(67)31-60-10-12-61(32-46(68)69)14-16-63(34-48(72)73)17-15-62(13-11-60)33-47(70)71/h27-29,37-38,42,49H,5-26,30-36H2,1-4H3,(H2,54,65)(H2,55,74)(H,56,76)(H,57,75)(H,58,66)(H,68,69)(H,70,71)(H,72,73)/t38-,42-,49-/m0/s1. The Hall–Kier alpha value is -5.09. The zero-order chi connectivity index (χ0) is 58.1. The molecule has 6 amide bonds. The van der Waals surface area contributed by atoms with Gasteiger partial charge in [0.15, 0.2) is 0 Å². The van der Waals surface area contributed by atoms with Gasteiger partial charge in [-0.25, -0.2) is 0 Å². The molecule has 1 aromatic carbocycles. The van der Waals surface area contributed by atoms with Crippen molar-refractivity contribution in [2.75, 3.05) is 129 Å². The molecule has 3 aliphatic rings. The lowest BCUT2D eigenvalue weighted by atomic mass is 9.87. The van der Waals surface area contributed by atoms with Crippen LogP contribution in [0, 0.1) is 11.8 Å². The summed E-state index contributed by atoms with van der Waals surface area (Å²) in [4.78, 5) is 125. The minimum absolute atomic E-state index is 0.0185. The van der Waals surface area contributed by atoms with Gasteiger partial charge in [-0.05, 0) is 34.9 Å². The van der Waals surface area contributed by atoms with Crippen LogP contribution in [-0.2, 0) is 65.9 Å². The van der Waals surface area contributed by atoms with E-state index < -0.39 is 53.3 Å². The Morgan fingerprint density at radius 1 is 0.633 bits per heavy atom. The summed E-state index contributed by atoms with van der Waals surface area (Å²) in [6.45, 7) is 12.6. The highest BCUT2D eigenvalue weighted by Gasteiger charge is 2.43. The molecule has 3 saturated heterocycles. The molecule has 24 nitrogen and oxygen atoms in total. The first-order valence-corrected chi connectivity index (χ1v) is 29.7. The van der Waals surface area contributed by atoms with Gasteiger partial charge in [0.05, 0.1) is 26.2 Å². The number of hydrogen-bond donors (Lipinski definition) is 8. The smallest absolute Gasteiger partial charge is 0.317 e. The third-order valence-electron chi connectivity index (χ3n) is 14.4. The van der Waals surface area contributed by atoms with E-state index in [1.807, 2.05) is 37.5 Å². The molecule has 26 heteroatoms. The first kappa shape index (κ1) is 66.4. The molecule has 0 spiro atoms. The minimum Gasteiger partial charge on any atom is -0.480 e. The van der Waals surface area contributed by atoms with Gasteiger partial charge in [-0.1, -0.05) is 52.3 Å². The topological polar surface area (TPSA) is 331 Å². The molecule has 444 valence electrons. The second-order valence-corrected chi connectivity index (χ2v) is 23.6. The number of carbonyl (C=O) groups is 9. The maximum absolute atomic E-state index is 14.1. The van der Waals surface area contributed by atoms with E-state index in [1.165, 1.54) is 0 Å². The van der Waals surface area contributed by atoms with Gasteiger partial charge in [0.1, 0.15) is 17.6 Å². The molecule has 4 rings (SSSR count). The van der Waals surface area contributed by atoms with Crippen LogP contribution < -0.4 is 27.4 Å². The lowest BCUT2D eigenvalue weighted by Gasteiger charge is -2.38. The van der Waals surface area contributed by atoms with Gasteiger partial charge in [0.2, 0.25) is 35.4 Å². The molecule has 3 fully saturated rings. The highest BCUT2D eigenvalue weighted by molar-refractivity contribution is 7.98. The average Bonchev–Trinajstić information content (AvgIpc) is 3.38. The van der Waals surface area contributed by atoms with Crippen molar-refractivity contribution < 1.29 is 63.2 Å². The van der Waals surface area contributed by atoms with E-state index in [0.29, 0.717) is 94.8 Å². The number of nitrogens with zero attached hydrogens (tertiary/aromatic N) is 6. The first-order valence-electron chi connectivity index (χ1n) is 27.4. The Morgan fingerprint density at radius 3 is 1.53 bits per heavy atom. The van der Waals surface area contributed by atoms with Crippen LogP contribution in [0.25, 0.3) is 0 Å². The summed E-state index contributed by atoms with van der Waals surface area (Å²) < 4.78 is 5.59. The molecule has 10 N–H and O–H groups in total. The summed E-state index contributed by atoms with van der Waals surface area (Å²) in [7, 11) is 0. The van der Waals surface area contributed by atoms with Crippen LogP contribution in [0.3, 0.4) is 0 Å². The molecule has 0 aromatic heterocycles. The number of benzene rings is 1. The van der Waals surface area contributed by atoms with Crippen molar-refractivity contribution in [1.82, 2.24) is 45.3 Å². The molecule has 1 aromatic rings. The van der Waals surface area contributed by atoms with Crippen molar-refractivity contribution in [3.05, 3.63) is 34.9 Å². The number of carboxylic acid groups (broad SMARTS) is 3. The van der Waals surface area contributed by atoms with Crippen LogP contribution in [0.4, 0.5) is 0 Å². The fourth-order valence-corrected chi connectivity index (χ4v) is 11.5. The molecule has 0 saturated carbocycles. The summed E-state index contributed by atoms with van der Waals surface area (Å²) in [5, 5.41) is 37.4. The van der Waals surface area contributed by atoms with Crippen LogP contribution in [0.2, 0.25) is 0 Å². The number of nitrogens with two attached hydrogens (primary N) is 2. The molecule has 0 unspecified atom stereocenters. The number of carboxylic acids is 3. The van der Waals surface area contributed by atoms with Gasteiger partial charge in [-0.3, -0.25) is 67.7 Å². The second-order valence-electron chi connectivity index (χ2n) is 21.3. The highest BCUT2D eigenvalue weighted by atomic mass is 32.2. The first-order chi connectivity index (χ1) is 37.5. The number of amides is 6. The zero-order valence-electron chi connectivity index (χ0n) is 46.6. The summed E-state index contributed by atoms with van der Waals surface area (Å²) in [6.07, 6.45) is 1.73. The van der Waals surface area contributed by atoms with Crippen molar-refractivity contribution in [3.63, 3.8) is 0 Å². The number of carbonyl (C=O) groups excluding carboxylic acids is 6. The fourth-order valence-electron chi connectivity index (χ4n) is 9.75. The van der Waals surface area contributed by atoms with E-state index in [4.69, 9.17) is 16.2 Å². The molecule has 3 atom stereocenters. The monoisotopic (exact) mass is 1150 g/mol. The SMILES string of the molecule is CC[C@H](C)[C@H](NC(=O)[C@H](CC(C)C)NC(=O)C1(NC(=O)CCSCc2cc(CSCCC(N)=O)cc(CN3CCN(C(=O)CN4CCN(CC(=O)O)CCN(CC(=O)O)CCN(CC(=O)O)CC4)CC3)c2)CCOCC1)C(N)=O. The Kier molecular flexibility index (Phi) is 28.8. The quantitative estimate of drug-likeness (QED) is 0.0461. The van der Waals surface area contributed by atoms with Crippen molar-refractivity contribution >= 4 is 76.9 Å². The maximum atomic E-state index is 14.1. The predicted octanol–water partition coefficient (Wildman–Crippen LogP) is -0.249. The van der Waals surface area contributed by atoms with Gasteiger partial charge in [-0.15, -0.1) is 0 Å². The highest BCUT2D eigenvalue weighted by Crippen LogP contribution is 2.25. The summed E-state index contributed by atoms with van der Waals surface area (Å²) in [5.74, 6) is -3.42. The van der Waals surface area contributed by atoms with E-state index in [9.17, 15) is 58.5 Å². The van der Waals surface area contributed by atoms with Crippen molar-refractivity contribution in [3.8, 4) is 0 Å². The minimum atomic E-state index is -1.30. The van der Waals surface area contributed by atoms with Crippen LogP contribution in [0.15, 0.2) is 18.2 Å². The lowest BCUT2D eigenvalue weighted by molar-refractivity contribution is -0.141. The number of nitrogens with one attached hydrogen (secondary N) is 3. The molecule has 0 radical (unpaired) electrons. The number of rotatable bonds is 30. The third-order valence-corrected chi connectivity index (χ3v) is 16.5. The van der Waals surface area contributed by atoms with Crippen molar-refractivity contribution in [2.24, 2.45) is 23.3 Å². The Labute approximate surface area is 473 Å². The number of thioether (sulfide) groups is 2. The normalized spacial score (nSPS) is 18.8. The summed E-state index contributed by atoms with van der Waals surface area (Å²) >= 11 is 3.19. The number of primary amides is 2. The van der Waals surface area contributed by atoms with Gasteiger partial charge < -0.3 is 52.4 Å². The van der Waals surface area contributed by atoms with E-state index in [0.717, 1.165) is 16.7 Å². The predicted molar refractivity (Wildman–Crippen MR) is 301 cm³/mol. The largest absolute Gasteiger partial charge is 0.480 e. The lowest BCUT2D eigenvalue weighted by Crippen LogP contribution is -2.64. The van der Waals surface area contributed by atoms with E-state index in [-0.39, 0.29) is 121 Å². The maximum Gasteiger partial charge on any atom is 0.317 e. The molecule has 3 aliphatic heterocycles. The fraction of sp³-hybridized carbons (Fsp3) is 0.717. The van der Waals surface area contributed by atoms with Gasteiger partial charge in [-0.2, -0.15) is 23.5 Å². The van der Waals surface area contributed by atoms with Crippen molar-refractivity contribution in [2.45, 2.75) is 102 Å². The molecular weight excluding hydrogens is 1060 g/mol. The third kappa shape index (κ3) is 24.7. The molecule has 0 bridgehead atoms. The van der Waals surface area contributed by atoms with Crippen LogP contribution in [-0.4, -0.2) is 245 Å². The summed E-state index contributed by atoms with van der Waals surface area (Å²) in [6, 6.07) is 4.54. The number of hydrogen-bond acceptors (Lipinski definition) is 17. The molecular formula is C53H87N11O13S2. The molecule has 0 aliphatic carbocycles. The van der Waals surface area contributed by atoms with Gasteiger partial charge in [0, 0.05) is 147 Å². The Morgan fingerprint density at radius 2 is 1.09 bits per heavy atom. The van der Waals surface area contributed by atoms with Crippen molar-refractivity contribution in [1.29, 1.82) is 0 Å². The number of ether oxygens (including phenoxy) is 1. The second kappa shape index (κ2) is 34.3. The van der Waals surface area contributed by atoms with Crippen LogP contribution in [0.1, 0.15) is 82.9 Å². The zero-order valence-corrected chi connectivity index (χ0v) is 48.3. The summed E-state index contributed by atoms with van der Waals surface area (Å²) in [5.41, 5.74) is 12.9. The Bertz CT molecular complexity index is 2170. The van der Waals surface area contributed by atoms with Gasteiger partial charge >= 0.3 is 17.9 Å². The van der Waals surface area contributed by atoms with Crippen LogP contribution in [0.5, 0.6) is 0 Å². The van der Waals surface area contributed by atoms with Crippen LogP contribution >= 0.6 is 23.5 Å². The van der Waals surface area contributed by atoms with E-state index in [2.05, 4.69) is 39.0 Å². The Balaban J connectivity index is 1.37. The molecule has 79 heavy (non-hydrogen) atoms. The molecule has 3 heterocycles. The van der Waals surface area contributed by atoms with Gasteiger partial charge in [0.25, 0.3) is 0 Å². The number of piperazine rings is 1. The van der Waals surface area contributed by atoms with E-state index >= 15 is 0 Å².